The van der Waals surface area contributed by atoms with E-state index >= 15 is 0 Å². The van der Waals surface area contributed by atoms with E-state index in [1.165, 1.54) is 0 Å². The zero-order chi connectivity index (χ0) is 11.7. The summed E-state index contributed by atoms with van der Waals surface area (Å²) in [6, 6.07) is -0.140. The summed E-state index contributed by atoms with van der Waals surface area (Å²) >= 11 is 0. The normalized spacial score (nSPS) is 13.1. The van der Waals surface area contributed by atoms with Gasteiger partial charge in [0.05, 0.1) is 0 Å². The molecule has 0 heterocycles. The van der Waals surface area contributed by atoms with Gasteiger partial charge in [-0.15, -0.1) is 11.8 Å². The van der Waals surface area contributed by atoms with Gasteiger partial charge in [0, 0.05) is 18.9 Å². The second kappa shape index (κ2) is 7.58. The van der Waals surface area contributed by atoms with E-state index in [0.717, 1.165) is 13.0 Å². The molecule has 0 aromatic heterocycles. The Morgan fingerprint density at radius 2 is 2.00 bits per heavy atom. The molecule has 88 valence electrons. The van der Waals surface area contributed by atoms with Crippen LogP contribution in [0, 0.1) is 11.8 Å². The number of hydrogen-bond acceptors (Lipinski definition) is 1. The summed E-state index contributed by atoms with van der Waals surface area (Å²) in [5.41, 5.74) is 0. The zero-order valence-corrected chi connectivity index (χ0v) is 9.25. The molecule has 0 radical (unpaired) electrons. The third-order valence-electron chi connectivity index (χ3n) is 1.98. The Balaban J connectivity index is 3.92. The first kappa shape index (κ1) is 14.3. The fourth-order valence-electron chi connectivity index (χ4n) is 1.19. The van der Waals surface area contributed by atoms with E-state index in [2.05, 4.69) is 17.2 Å². The maximum Gasteiger partial charge on any atom is 0.389 e. The summed E-state index contributed by atoms with van der Waals surface area (Å²) in [7, 11) is 0. The summed E-state index contributed by atoms with van der Waals surface area (Å²) < 4.78 is 36.0. The van der Waals surface area contributed by atoms with Crippen molar-refractivity contribution in [3.05, 3.63) is 0 Å². The van der Waals surface area contributed by atoms with Crippen LogP contribution in [0.3, 0.4) is 0 Å². The topological polar surface area (TPSA) is 12.0 Å². The van der Waals surface area contributed by atoms with Crippen molar-refractivity contribution in [2.45, 2.75) is 51.7 Å². The van der Waals surface area contributed by atoms with Crippen molar-refractivity contribution in [1.29, 1.82) is 0 Å². The molecule has 1 unspecified atom stereocenters. The quantitative estimate of drug-likeness (QED) is 0.679. The molecule has 0 spiro atoms. The van der Waals surface area contributed by atoms with Crippen molar-refractivity contribution < 1.29 is 13.2 Å². The average molecular weight is 221 g/mol. The molecule has 1 atom stereocenters. The van der Waals surface area contributed by atoms with Gasteiger partial charge in [0.15, 0.2) is 0 Å². The van der Waals surface area contributed by atoms with E-state index in [1.807, 2.05) is 6.92 Å². The van der Waals surface area contributed by atoms with Crippen molar-refractivity contribution >= 4 is 0 Å². The van der Waals surface area contributed by atoms with E-state index in [4.69, 9.17) is 0 Å². The third kappa shape index (κ3) is 9.61. The highest BCUT2D eigenvalue weighted by molar-refractivity contribution is 4.98. The molecule has 15 heavy (non-hydrogen) atoms. The minimum absolute atomic E-state index is 0.109. The van der Waals surface area contributed by atoms with E-state index in [0.29, 0.717) is 6.42 Å². The molecule has 0 amide bonds. The fraction of sp³-hybridized carbons (Fsp3) is 0.818. The Bertz CT molecular complexity index is 212. The molecule has 1 nitrogen and oxygen atoms in total. The van der Waals surface area contributed by atoms with Crippen LogP contribution in [-0.2, 0) is 0 Å². The highest BCUT2D eigenvalue weighted by Gasteiger charge is 2.27. The fourth-order valence-corrected chi connectivity index (χ4v) is 1.19. The van der Waals surface area contributed by atoms with Gasteiger partial charge in [0.2, 0.25) is 0 Å². The monoisotopic (exact) mass is 221 g/mol. The molecule has 0 rings (SSSR count). The van der Waals surface area contributed by atoms with Crippen molar-refractivity contribution in [3.63, 3.8) is 0 Å². The Kier molecular flexibility index (Phi) is 7.23. The second-order valence-corrected chi connectivity index (χ2v) is 3.44. The lowest BCUT2D eigenvalue weighted by molar-refractivity contribution is -0.136. The zero-order valence-electron chi connectivity index (χ0n) is 9.25. The molecular formula is C11H18F3N. The molecular weight excluding hydrogens is 203 g/mol. The molecule has 4 heteroatoms. The number of alkyl halides is 3. The number of halogens is 3. The van der Waals surface area contributed by atoms with Crippen LogP contribution in [0.15, 0.2) is 0 Å². The van der Waals surface area contributed by atoms with Gasteiger partial charge in [0.25, 0.3) is 0 Å². The van der Waals surface area contributed by atoms with Gasteiger partial charge in [-0.2, -0.15) is 13.2 Å². The molecule has 0 aromatic carbocycles. The first-order valence-corrected chi connectivity index (χ1v) is 5.19. The third-order valence-corrected chi connectivity index (χ3v) is 1.98. The molecule has 0 aromatic rings. The number of rotatable bonds is 6. The summed E-state index contributed by atoms with van der Waals surface area (Å²) in [5.74, 6) is 5.51. The van der Waals surface area contributed by atoms with E-state index < -0.39 is 12.6 Å². The molecule has 0 aliphatic carbocycles. The molecule has 0 aliphatic rings. The van der Waals surface area contributed by atoms with Crippen LogP contribution >= 0.6 is 0 Å². The van der Waals surface area contributed by atoms with Gasteiger partial charge < -0.3 is 5.32 Å². The summed E-state index contributed by atoms with van der Waals surface area (Å²) in [5, 5.41) is 3.07. The second-order valence-electron chi connectivity index (χ2n) is 3.44. The van der Waals surface area contributed by atoms with Crippen LogP contribution in [0.4, 0.5) is 13.2 Å². The lowest BCUT2D eigenvalue weighted by Crippen LogP contribution is -2.30. The Morgan fingerprint density at radius 1 is 1.33 bits per heavy atom. The Labute approximate surface area is 89.4 Å². The molecule has 1 N–H and O–H groups in total. The van der Waals surface area contributed by atoms with Crippen LogP contribution in [-0.4, -0.2) is 18.8 Å². The predicted octanol–water partition coefficient (Wildman–Crippen LogP) is 3.11. The highest BCUT2D eigenvalue weighted by atomic mass is 19.4. The van der Waals surface area contributed by atoms with E-state index in [9.17, 15) is 13.2 Å². The summed E-state index contributed by atoms with van der Waals surface area (Å²) in [6.45, 7) is 4.42. The Hall–Kier alpha value is -0.690. The van der Waals surface area contributed by atoms with Gasteiger partial charge in [0.1, 0.15) is 0 Å². The first-order valence-electron chi connectivity index (χ1n) is 5.19. The number of nitrogens with one attached hydrogen (secondary N) is 1. The maximum absolute atomic E-state index is 12.0. The minimum atomic E-state index is -4.06. The van der Waals surface area contributed by atoms with Gasteiger partial charge in [-0.25, -0.2) is 0 Å². The SMILES string of the molecule is CC#CCC(CCC(F)(F)F)NCCC. The van der Waals surface area contributed by atoms with Gasteiger partial charge in [-0.3, -0.25) is 0 Å². The van der Waals surface area contributed by atoms with E-state index in [1.54, 1.807) is 6.92 Å². The first-order chi connectivity index (χ1) is 6.99. The maximum atomic E-state index is 12.0. The van der Waals surface area contributed by atoms with Crippen molar-refractivity contribution in [1.82, 2.24) is 5.32 Å². The van der Waals surface area contributed by atoms with Crippen LogP contribution in [0.1, 0.15) is 39.5 Å². The van der Waals surface area contributed by atoms with Crippen LogP contribution in [0.5, 0.6) is 0 Å². The Morgan fingerprint density at radius 3 is 2.47 bits per heavy atom. The minimum Gasteiger partial charge on any atom is -0.313 e. The van der Waals surface area contributed by atoms with Crippen molar-refractivity contribution in [2.75, 3.05) is 6.54 Å². The number of hydrogen-bond donors (Lipinski definition) is 1. The van der Waals surface area contributed by atoms with Gasteiger partial charge in [-0.05, 0) is 26.3 Å². The largest absolute Gasteiger partial charge is 0.389 e. The van der Waals surface area contributed by atoms with Crippen molar-refractivity contribution in [3.8, 4) is 11.8 Å². The molecule has 0 fully saturated rings. The lowest BCUT2D eigenvalue weighted by atomic mass is 10.1. The standard InChI is InChI=1S/C11H18F3N/c1-3-5-6-10(15-9-4-2)7-8-11(12,13)14/h10,15H,4,6-9H2,1-2H3. The molecule has 0 bridgehead atoms. The summed E-state index contributed by atoms with van der Waals surface area (Å²) in [6.07, 6.45) is -3.28. The highest BCUT2D eigenvalue weighted by Crippen LogP contribution is 2.22. The summed E-state index contributed by atoms with van der Waals surface area (Å²) in [4.78, 5) is 0. The molecule has 0 aliphatic heterocycles. The lowest BCUT2D eigenvalue weighted by Gasteiger charge is -2.16. The van der Waals surface area contributed by atoms with Crippen LogP contribution in [0.25, 0.3) is 0 Å². The van der Waals surface area contributed by atoms with Crippen LogP contribution in [0.2, 0.25) is 0 Å². The van der Waals surface area contributed by atoms with Gasteiger partial charge in [-0.1, -0.05) is 6.92 Å². The average Bonchev–Trinajstić information content (AvgIpc) is 2.15. The molecule has 0 saturated carbocycles. The van der Waals surface area contributed by atoms with Gasteiger partial charge >= 0.3 is 6.18 Å². The molecule has 0 saturated heterocycles. The van der Waals surface area contributed by atoms with Crippen LogP contribution < -0.4 is 5.32 Å². The smallest absolute Gasteiger partial charge is 0.313 e. The van der Waals surface area contributed by atoms with E-state index in [-0.39, 0.29) is 12.5 Å². The predicted molar refractivity (Wildman–Crippen MR) is 55.4 cm³/mol. The van der Waals surface area contributed by atoms with Crippen molar-refractivity contribution in [2.24, 2.45) is 0 Å².